The fraction of sp³-hybridized carbons (Fsp3) is 0.241. The first-order valence-corrected chi connectivity index (χ1v) is 11.7. The molecule has 0 fully saturated rings. The lowest BCUT2D eigenvalue weighted by molar-refractivity contribution is -0.135. The minimum Gasteiger partial charge on any atom is -0.507 e. The van der Waals surface area contributed by atoms with E-state index >= 15 is 0 Å². The van der Waals surface area contributed by atoms with Crippen molar-refractivity contribution in [2.45, 2.75) is 26.2 Å². The van der Waals surface area contributed by atoms with Gasteiger partial charge in [0, 0.05) is 17.5 Å². The average Bonchev–Trinajstić information content (AvgIpc) is 2.87. The van der Waals surface area contributed by atoms with E-state index < -0.39 is 11.9 Å². The summed E-state index contributed by atoms with van der Waals surface area (Å²) in [6.45, 7) is 4.75. The minimum atomic E-state index is -0.427. The van der Waals surface area contributed by atoms with Gasteiger partial charge in [0.2, 0.25) is 5.43 Å². The van der Waals surface area contributed by atoms with E-state index in [1.807, 2.05) is 24.3 Å². The SMILES string of the molecule is COc1ccc(-c2coc3c4c(cc(O)c3c2=O)OC(=O)C[C@@H]4c2ccc(OCC(C)C)cc2)cc1. The minimum absolute atomic E-state index is 0.0434. The molecule has 0 saturated heterocycles. The summed E-state index contributed by atoms with van der Waals surface area (Å²) in [6, 6.07) is 15.8. The van der Waals surface area contributed by atoms with E-state index in [1.54, 1.807) is 31.4 Å². The first-order valence-electron chi connectivity index (χ1n) is 11.7. The number of aromatic hydroxyl groups is 1. The third kappa shape index (κ3) is 4.28. The fourth-order valence-corrected chi connectivity index (χ4v) is 4.45. The molecule has 184 valence electrons. The Morgan fingerprint density at radius 2 is 1.72 bits per heavy atom. The average molecular weight is 487 g/mol. The van der Waals surface area contributed by atoms with Crippen LogP contribution in [0.1, 0.15) is 37.3 Å². The largest absolute Gasteiger partial charge is 0.507 e. The lowest BCUT2D eigenvalue weighted by atomic mass is 9.85. The number of hydrogen-bond acceptors (Lipinski definition) is 7. The second-order valence-corrected chi connectivity index (χ2v) is 9.22. The molecule has 36 heavy (non-hydrogen) atoms. The van der Waals surface area contributed by atoms with Crippen LogP contribution in [0.4, 0.5) is 0 Å². The Balaban J connectivity index is 1.62. The van der Waals surface area contributed by atoms with Gasteiger partial charge in [-0.1, -0.05) is 38.1 Å². The molecule has 1 aromatic heterocycles. The zero-order valence-corrected chi connectivity index (χ0v) is 20.2. The summed E-state index contributed by atoms with van der Waals surface area (Å²) in [5.41, 5.74) is 2.15. The molecule has 0 saturated carbocycles. The van der Waals surface area contributed by atoms with Crippen molar-refractivity contribution in [1.82, 2.24) is 0 Å². The van der Waals surface area contributed by atoms with Crippen molar-refractivity contribution < 1.29 is 28.5 Å². The third-order valence-electron chi connectivity index (χ3n) is 6.24. The number of fused-ring (bicyclic) bond motifs is 3. The second-order valence-electron chi connectivity index (χ2n) is 9.22. The molecule has 2 heterocycles. The summed E-state index contributed by atoms with van der Waals surface area (Å²) in [6.07, 6.45) is 1.45. The Hall–Kier alpha value is -4.26. The molecule has 7 heteroatoms. The quantitative estimate of drug-likeness (QED) is 0.278. The second kappa shape index (κ2) is 9.41. The molecule has 0 spiro atoms. The van der Waals surface area contributed by atoms with Gasteiger partial charge in [0.15, 0.2) is 0 Å². The zero-order chi connectivity index (χ0) is 25.4. The number of methoxy groups -OCH3 is 1. The number of phenols is 1. The summed E-state index contributed by atoms with van der Waals surface area (Å²) in [5, 5.41) is 10.8. The van der Waals surface area contributed by atoms with Gasteiger partial charge < -0.3 is 23.7 Å². The van der Waals surface area contributed by atoms with Crippen LogP contribution in [0.25, 0.3) is 22.1 Å². The van der Waals surface area contributed by atoms with E-state index in [9.17, 15) is 14.7 Å². The van der Waals surface area contributed by atoms with Crippen molar-refractivity contribution in [3.63, 3.8) is 0 Å². The molecular weight excluding hydrogens is 460 g/mol. The van der Waals surface area contributed by atoms with Crippen LogP contribution >= 0.6 is 0 Å². The van der Waals surface area contributed by atoms with E-state index in [1.165, 1.54) is 12.3 Å². The third-order valence-corrected chi connectivity index (χ3v) is 6.24. The molecule has 0 aliphatic carbocycles. The predicted octanol–water partition coefficient (Wildman–Crippen LogP) is 5.65. The van der Waals surface area contributed by atoms with Crippen LogP contribution in [0, 0.1) is 5.92 Å². The van der Waals surface area contributed by atoms with Crippen molar-refractivity contribution >= 4 is 16.9 Å². The first kappa shape index (κ1) is 23.5. The molecule has 0 radical (unpaired) electrons. The van der Waals surface area contributed by atoms with E-state index in [0.717, 1.165) is 11.3 Å². The number of ether oxygens (including phenoxy) is 3. The molecule has 0 bridgehead atoms. The van der Waals surface area contributed by atoms with Gasteiger partial charge in [-0.15, -0.1) is 0 Å². The molecule has 1 aliphatic heterocycles. The highest BCUT2D eigenvalue weighted by Gasteiger charge is 2.33. The van der Waals surface area contributed by atoms with Gasteiger partial charge in [-0.3, -0.25) is 9.59 Å². The molecule has 0 unspecified atom stereocenters. The topological polar surface area (TPSA) is 95.2 Å². The predicted molar refractivity (Wildman–Crippen MR) is 135 cm³/mol. The van der Waals surface area contributed by atoms with E-state index in [4.69, 9.17) is 18.6 Å². The monoisotopic (exact) mass is 486 g/mol. The molecule has 1 aliphatic rings. The van der Waals surface area contributed by atoms with Gasteiger partial charge in [-0.2, -0.15) is 0 Å². The molecule has 3 aromatic carbocycles. The molecule has 5 rings (SSSR count). The van der Waals surface area contributed by atoms with Gasteiger partial charge >= 0.3 is 5.97 Å². The van der Waals surface area contributed by atoms with Crippen molar-refractivity contribution in [3.8, 4) is 34.1 Å². The number of phenolic OH excluding ortho intramolecular Hbond substituents is 1. The lowest BCUT2D eigenvalue weighted by Crippen LogP contribution is -2.22. The standard InChI is InChI=1S/C29H26O7/c1-16(2)14-34-20-10-6-17(7-11-20)21-12-25(31)36-24-13-23(30)27-28(32)22(15-35-29(27)26(21)24)18-4-8-19(33-3)9-5-18/h4-11,13,15-16,21,30H,12,14H2,1-3H3/t21-/m1/s1. The molecule has 0 amide bonds. The Labute approximate surface area is 207 Å². The van der Waals surface area contributed by atoms with Crippen molar-refractivity contribution in [1.29, 1.82) is 0 Å². The maximum atomic E-state index is 13.5. The highest BCUT2D eigenvalue weighted by Crippen LogP contribution is 2.45. The molecule has 4 aromatic rings. The van der Waals surface area contributed by atoms with Gasteiger partial charge in [-0.05, 0) is 41.3 Å². The summed E-state index contributed by atoms with van der Waals surface area (Å²) >= 11 is 0. The number of rotatable bonds is 6. The van der Waals surface area contributed by atoms with Gasteiger partial charge in [-0.25, -0.2) is 0 Å². The Bertz CT molecular complexity index is 1480. The maximum Gasteiger partial charge on any atom is 0.312 e. The Morgan fingerprint density at radius 1 is 1.03 bits per heavy atom. The molecular formula is C29H26O7. The normalized spacial score (nSPS) is 15.0. The van der Waals surface area contributed by atoms with E-state index in [0.29, 0.717) is 35.0 Å². The zero-order valence-electron chi connectivity index (χ0n) is 20.2. The summed E-state index contributed by atoms with van der Waals surface area (Å²) < 4.78 is 22.4. The molecule has 1 N–H and O–H groups in total. The highest BCUT2D eigenvalue weighted by atomic mass is 16.5. The van der Waals surface area contributed by atoms with E-state index in [-0.39, 0.29) is 34.3 Å². The van der Waals surface area contributed by atoms with Crippen molar-refractivity contribution in [2.75, 3.05) is 13.7 Å². The Morgan fingerprint density at radius 3 is 2.39 bits per heavy atom. The highest BCUT2D eigenvalue weighted by molar-refractivity contribution is 5.94. The summed E-state index contributed by atoms with van der Waals surface area (Å²) in [4.78, 5) is 25.9. The van der Waals surface area contributed by atoms with Crippen LogP contribution in [0.3, 0.4) is 0 Å². The van der Waals surface area contributed by atoms with Crippen molar-refractivity contribution in [2.24, 2.45) is 5.92 Å². The Kier molecular flexibility index (Phi) is 6.14. The maximum absolute atomic E-state index is 13.5. The fourth-order valence-electron chi connectivity index (χ4n) is 4.45. The van der Waals surface area contributed by atoms with Gasteiger partial charge in [0.25, 0.3) is 0 Å². The number of benzene rings is 3. The van der Waals surface area contributed by atoms with Crippen LogP contribution in [0.15, 0.2) is 70.1 Å². The van der Waals surface area contributed by atoms with Crippen LogP contribution in [0.2, 0.25) is 0 Å². The number of hydrogen-bond donors (Lipinski definition) is 1. The molecule has 7 nitrogen and oxygen atoms in total. The van der Waals surface area contributed by atoms with Crippen LogP contribution in [-0.4, -0.2) is 24.8 Å². The number of carbonyl (C=O) groups excluding carboxylic acids is 1. The first-order chi connectivity index (χ1) is 17.4. The van der Waals surface area contributed by atoms with Crippen LogP contribution in [0.5, 0.6) is 23.0 Å². The number of esters is 1. The van der Waals surface area contributed by atoms with Crippen LogP contribution < -0.4 is 19.6 Å². The van der Waals surface area contributed by atoms with Crippen molar-refractivity contribution in [3.05, 3.63) is 82.2 Å². The summed E-state index contributed by atoms with van der Waals surface area (Å²) in [7, 11) is 1.57. The van der Waals surface area contributed by atoms with E-state index in [2.05, 4.69) is 13.8 Å². The van der Waals surface area contributed by atoms with Gasteiger partial charge in [0.05, 0.1) is 25.7 Å². The smallest absolute Gasteiger partial charge is 0.312 e. The number of carbonyl (C=O) groups is 1. The molecule has 1 atom stereocenters. The van der Waals surface area contributed by atoms with Gasteiger partial charge in [0.1, 0.15) is 40.2 Å². The van der Waals surface area contributed by atoms with Crippen LogP contribution in [-0.2, 0) is 4.79 Å². The summed E-state index contributed by atoms with van der Waals surface area (Å²) in [5.74, 6) is 0.820. The lowest BCUT2D eigenvalue weighted by Gasteiger charge is -2.26.